The van der Waals surface area contributed by atoms with Crippen LogP contribution in [0.5, 0.6) is 0 Å². The number of nitrogens with one attached hydrogen (secondary N) is 2. The Labute approximate surface area is 137 Å². The molecular formula is C17H15FN4O2. The summed E-state index contributed by atoms with van der Waals surface area (Å²) in [6.45, 7) is 0. The first-order chi connectivity index (χ1) is 11.7. The van der Waals surface area contributed by atoms with E-state index in [0.717, 1.165) is 5.56 Å². The molecule has 0 spiro atoms. The van der Waals surface area contributed by atoms with Gasteiger partial charge in [-0.2, -0.15) is 5.26 Å². The van der Waals surface area contributed by atoms with Gasteiger partial charge in [0.25, 0.3) is 0 Å². The standard InChI is InChI=1S/C17H15FN4O2/c18-10-5-3-9(4-6-10)15-14-13(12-2-1-7-23-12)11(8-19)16(20)24-17(14)22-21-15/h1-7,13-15,17,21-22H,20H2. The lowest BCUT2D eigenvalue weighted by Gasteiger charge is -2.34. The number of nitrogens with zero attached hydrogens (tertiary/aromatic N) is 1. The molecule has 1 aromatic carbocycles. The van der Waals surface area contributed by atoms with Gasteiger partial charge in [0.1, 0.15) is 23.2 Å². The fourth-order valence-electron chi connectivity index (χ4n) is 3.46. The minimum Gasteiger partial charge on any atom is -0.469 e. The van der Waals surface area contributed by atoms with Crippen molar-refractivity contribution in [2.24, 2.45) is 11.7 Å². The van der Waals surface area contributed by atoms with Gasteiger partial charge in [-0.1, -0.05) is 12.1 Å². The van der Waals surface area contributed by atoms with Gasteiger partial charge in [-0.25, -0.2) is 15.2 Å². The van der Waals surface area contributed by atoms with Crippen molar-refractivity contribution in [2.45, 2.75) is 18.2 Å². The Hall–Kier alpha value is -2.82. The number of nitrogens with two attached hydrogens (primary N) is 1. The Bertz CT molecular complexity index is 810. The summed E-state index contributed by atoms with van der Waals surface area (Å²) in [4.78, 5) is 0. The van der Waals surface area contributed by atoms with Crippen molar-refractivity contribution in [1.82, 2.24) is 10.9 Å². The number of allylic oxidation sites excluding steroid dienone is 1. The number of rotatable bonds is 2. The van der Waals surface area contributed by atoms with E-state index in [-0.39, 0.29) is 29.6 Å². The summed E-state index contributed by atoms with van der Waals surface area (Å²) in [5.41, 5.74) is 13.4. The van der Waals surface area contributed by atoms with Crippen molar-refractivity contribution in [3.05, 3.63) is 71.3 Å². The minimum atomic E-state index is -0.424. The second kappa shape index (κ2) is 5.67. The van der Waals surface area contributed by atoms with Crippen molar-refractivity contribution in [3.8, 4) is 6.07 Å². The first kappa shape index (κ1) is 14.8. The number of halogens is 1. The molecule has 4 N–H and O–H groups in total. The molecule has 122 valence electrons. The third-order valence-corrected chi connectivity index (χ3v) is 4.53. The van der Waals surface area contributed by atoms with Crippen LogP contribution in [0.2, 0.25) is 0 Å². The van der Waals surface area contributed by atoms with Crippen LogP contribution in [0, 0.1) is 23.1 Å². The van der Waals surface area contributed by atoms with Gasteiger partial charge < -0.3 is 14.9 Å². The van der Waals surface area contributed by atoms with Gasteiger partial charge in [0.15, 0.2) is 6.23 Å². The Kier molecular flexibility index (Phi) is 3.49. The summed E-state index contributed by atoms with van der Waals surface area (Å²) in [5.74, 6) is -0.102. The average Bonchev–Trinajstić information content (AvgIpc) is 3.24. The number of furan rings is 1. The maximum atomic E-state index is 13.2. The molecule has 4 unspecified atom stereocenters. The van der Waals surface area contributed by atoms with Gasteiger partial charge in [-0.05, 0) is 29.8 Å². The molecule has 0 aliphatic carbocycles. The van der Waals surface area contributed by atoms with Crippen LogP contribution in [-0.4, -0.2) is 6.23 Å². The molecule has 7 heteroatoms. The Morgan fingerprint density at radius 1 is 1.17 bits per heavy atom. The molecule has 0 radical (unpaired) electrons. The van der Waals surface area contributed by atoms with Gasteiger partial charge in [-0.3, -0.25) is 0 Å². The van der Waals surface area contributed by atoms with Crippen LogP contribution in [0.3, 0.4) is 0 Å². The number of benzene rings is 1. The lowest BCUT2D eigenvalue weighted by atomic mass is 9.76. The number of hydrogen-bond donors (Lipinski definition) is 3. The molecule has 2 aliphatic heterocycles. The van der Waals surface area contributed by atoms with Gasteiger partial charge in [0.2, 0.25) is 5.88 Å². The van der Waals surface area contributed by atoms with E-state index in [9.17, 15) is 9.65 Å². The average molecular weight is 326 g/mol. The fraction of sp³-hybridized carbons (Fsp3) is 0.235. The van der Waals surface area contributed by atoms with E-state index in [2.05, 4.69) is 16.9 Å². The van der Waals surface area contributed by atoms with Crippen LogP contribution in [0.15, 0.2) is 58.5 Å². The molecule has 0 saturated carbocycles. The lowest BCUT2D eigenvalue weighted by molar-refractivity contribution is 0.0309. The summed E-state index contributed by atoms with van der Waals surface area (Å²) >= 11 is 0. The highest BCUT2D eigenvalue weighted by Crippen LogP contribution is 2.47. The first-order valence-corrected chi connectivity index (χ1v) is 7.55. The summed E-state index contributed by atoms with van der Waals surface area (Å²) < 4.78 is 24.4. The molecule has 4 rings (SSSR count). The molecule has 1 saturated heterocycles. The normalized spacial score (nSPS) is 29.0. The van der Waals surface area contributed by atoms with E-state index in [0.29, 0.717) is 11.3 Å². The monoisotopic (exact) mass is 326 g/mol. The summed E-state index contributed by atoms with van der Waals surface area (Å²) in [6, 6.07) is 11.8. The Balaban J connectivity index is 1.79. The topological polar surface area (TPSA) is 96.2 Å². The van der Waals surface area contributed by atoms with Crippen molar-refractivity contribution >= 4 is 0 Å². The molecule has 2 aliphatic rings. The minimum absolute atomic E-state index is 0.0919. The SMILES string of the molecule is N#CC1=C(N)OC2NNC(c3ccc(F)cc3)C2C1c1ccco1. The molecule has 6 nitrogen and oxygen atoms in total. The molecule has 3 heterocycles. The van der Waals surface area contributed by atoms with E-state index < -0.39 is 6.23 Å². The smallest absolute Gasteiger partial charge is 0.200 e. The number of nitriles is 1. The van der Waals surface area contributed by atoms with E-state index >= 15 is 0 Å². The van der Waals surface area contributed by atoms with Crippen molar-refractivity contribution in [1.29, 1.82) is 5.26 Å². The van der Waals surface area contributed by atoms with Crippen molar-refractivity contribution in [3.63, 3.8) is 0 Å². The maximum Gasteiger partial charge on any atom is 0.200 e. The van der Waals surface area contributed by atoms with Crippen LogP contribution >= 0.6 is 0 Å². The lowest BCUT2D eigenvalue weighted by Crippen LogP contribution is -2.40. The fourth-order valence-corrected chi connectivity index (χ4v) is 3.46. The highest BCUT2D eigenvalue weighted by atomic mass is 19.1. The zero-order valence-corrected chi connectivity index (χ0v) is 12.6. The van der Waals surface area contributed by atoms with E-state index in [1.807, 2.05) is 6.07 Å². The van der Waals surface area contributed by atoms with Crippen LogP contribution in [0.4, 0.5) is 4.39 Å². The predicted octanol–water partition coefficient (Wildman–Crippen LogP) is 2.02. The third kappa shape index (κ3) is 2.24. The van der Waals surface area contributed by atoms with Crippen molar-refractivity contribution < 1.29 is 13.5 Å². The van der Waals surface area contributed by atoms with Crippen LogP contribution < -0.4 is 16.6 Å². The molecule has 24 heavy (non-hydrogen) atoms. The summed E-state index contributed by atoms with van der Waals surface area (Å²) in [5, 5.41) is 9.54. The maximum absolute atomic E-state index is 13.2. The summed E-state index contributed by atoms with van der Waals surface area (Å²) in [7, 11) is 0. The molecule has 2 aromatic rings. The highest BCUT2D eigenvalue weighted by Gasteiger charge is 2.50. The molecule has 4 atom stereocenters. The van der Waals surface area contributed by atoms with E-state index in [1.165, 1.54) is 12.1 Å². The largest absolute Gasteiger partial charge is 0.469 e. The number of hydrazine groups is 1. The molecule has 1 fully saturated rings. The molecule has 1 aromatic heterocycles. The van der Waals surface area contributed by atoms with Gasteiger partial charge in [0.05, 0.1) is 18.2 Å². The van der Waals surface area contributed by atoms with E-state index in [4.69, 9.17) is 14.9 Å². The zero-order valence-electron chi connectivity index (χ0n) is 12.6. The van der Waals surface area contributed by atoms with Gasteiger partial charge >= 0.3 is 0 Å². The zero-order chi connectivity index (χ0) is 16.7. The predicted molar refractivity (Wildman–Crippen MR) is 82.1 cm³/mol. The molecule has 0 amide bonds. The second-order valence-electron chi connectivity index (χ2n) is 5.82. The molecule has 0 bridgehead atoms. The van der Waals surface area contributed by atoms with Crippen LogP contribution in [-0.2, 0) is 4.74 Å². The van der Waals surface area contributed by atoms with Crippen molar-refractivity contribution in [2.75, 3.05) is 0 Å². The molecular weight excluding hydrogens is 311 g/mol. The Morgan fingerprint density at radius 2 is 1.96 bits per heavy atom. The van der Waals surface area contributed by atoms with Crippen LogP contribution in [0.1, 0.15) is 23.3 Å². The second-order valence-corrected chi connectivity index (χ2v) is 5.82. The highest BCUT2D eigenvalue weighted by molar-refractivity contribution is 5.39. The first-order valence-electron chi connectivity index (χ1n) is 7.55. The Morgan fingerprint density at radius 3 is 2.62 bits per heavy atom. The number of fused-ring (bicyclic) bond motifs is 1. The van der Waals surface area contributed by atoms with Gasteiger partial charge in [-0.15, -0.1) is 0 Å². The number of hydrogen-bond acceptors (Lipinski definition) is 6. The van der Waals surface area contributed by atoms with E-state index in [1.54, 1.807) is 24.5 Å². The summed E-state index contributed by atoms with van der Waals surface area (Å²) in [6.07, 6.45) is 1.14. The quantitative estimate of drug-likeness (QED) is 0.781. The number of ether oxygens (including phenoxy) is 1. The van der Waals surface area contributed by atoms with Gasteiger partial charge in [0, 0.05) is 5.92 Å². The third-order valence-electron chi connectivity index (χ3n) is 4.53. The van der Waals surface area contributed by atoms with Crippen LogP contribution in [0.25, 0.3) is 0 Å².